The summed E-state index contributed by atoms with van der Waals surface area (Å²) in [7, 11) is -1.75. The molecule has 1 aliphatic rings. The Bertz CT molecular complexity index is 1950. The van der Waals surface area contributed by atoms with Crippen LogP contribution in [0.3, 0.4) is 0 Å². The van der Waals surface area contributed by atoms with Crippen molar-refractivity contribution < 1.29 is 45.8 Å². The highest BCUT2D eigenvalue weighted by Crippen LogP contribution is 2.36. The third-order valence-corrected chi connectivity index (χ3v) is 9.95. The van der Waals surface area contributed by atoms with E-state index < -0.39 is 28.0 Å². The molecule has 50 heavy (non-hydrogen) atoms. The van der Waals surface area contributed by atoms with Gasteiger partial charge in [-0.1, -0.05) is 24.3 Å². The second kappa shape index (κ2) is 15.7. The number of hydrogen-bond donors (Lipinski definition) is 3. The quantitative estimate of drug-likeness (QED) is 0.150. The lowest BCUT2D eigenvalue weighted by Gasteiger charge is -2.27. The standard InChI is InChI=1S/C33H38N4O5S.C2HF3O2/c1-5-41-29-19-23(10-15-28(29)42-21(2)3)31(36-25-11-14-27-22(18-25)16-17-35-32(27)34)33(38)37(4)20-24-8-6-7-9-30(24)43(39,40)26-12-13-26;3-2(4,5)1(6)7/h6-11,14-19,21,26,31,36H,5,12-13,20H2,1-4H3,(H2,34,35);(H,6,7)/t31-;/m0./s1. The molecule has 0 unspecified atom stereocenters. The highest BCUT2D eigenvalue weighted by atomic mass is 32.2. The summed E-state index contributed by atoms with van der Waals surface area (Å²) in [6.07, 6.45) is -2.15. The lowest BCUT2D eigenvalue weighted by atomic mass is 10.0. The summed E-state index contributed by atoms with van der Waals surface area (Å²) >= 11 is 0. The second-order valence-corrected chi connectivity index (χ2v) is 14.1. The van der Waals surface area contributed by atoms with E-state index >= 15 is 0 Å². The molecular weight excluding hydrogens is 677 g/mol. The molecule has 0 spiro atoms. The highest BCUT2D eigenvalue weighted by Gasteiger charge is 2.39. The Kier molecular flexibility index (Phi) is 11.8. The number of ether oxygens (including phenoxy) is 2. The van der Waals surface area contributed by atoms with E-state index in [-0.39, 0.29) is 28.7 Å². The third kappa shape index (κ3) is 9.34. The number of pyridine rings is 1. The molecule has 0 bridgehead atoms. The van der Waals surface area contributed by atoms with E-state index in [1.54, 1.807) is 42.4 Å². The number of aromatic nitrogens is 1. The van der Waals surface area contributed by atoms with E-state index in [0.29, 0.717) is 53.6 Å². The van der Waals surface area contributed by atoms with Gasteiger partial charge in [0.25, 0.3) is 0 Å². The van der Waals surface area contributed by atoms with Crippen molar-refractivity contribution in [3.8, 4) is 11.5 Å². The zero-order valence-electron chi connectivity index (χ0n) is 27.9. The highest BCUT2D eigenvalue weighted by molar-refractivity contribution is 7.92. The molecule has 1 aromatic heterocycles. The summed E-state index contributed by atoms with van der Waals surface area (Å²) in [6.45, 7) is 6.33. The molecule has 4 N–H and O–H groups in total. The monoisotopic (exact) mass is 716 g/mol. The fourth-order valence-corrected chi connectivity index (χ4v) is 6.98. The van der Waals surface area contributed by atoms with Crippen molar-refractivity contribution in [1.82, 2.24) is 9.88 Å². The molecule has 11 nitrogen and oxygen atoms in total. The number of likely N-dealkylation sites (N-methyl/N-ethyl adjacent to an activating group) is 1. The van der Waals surface area contributed by atoms with Crippen LogP contribution in [0, 0.1) is 0 Å². The van der Waals surface area contributed by atoms with Crippen molar-refractivity contribution in [2.24, 2.45) is 0 Å². The molecule has 1 atom stereocenters. The van der Waals surface area contributed by atoms with Gasteiger partial charge < -0.3 is 30.5 Å². The number of amides is 1. The van der Waals surface area contributed by atoms with Crippen LogP contribution in [-0.4, -0.2) is 66.5 Å². The van der Waals surface area contributed by atoms with Gasteiger partial charge in [0.2, 0.25) is 5.91 Å². The molecule has 5 rings (SSSR count). The molecule has 3 aromatic carbocycles. The van der Waals surface area contributed by atoms with E-state index in [0.717, 1.165) is 10.8 Å². The molecule has 1 fully saturated rings. The van der Waals surface area contributed by atoms with Crippen LogP contribution in [0.2, 0.25) is 0 Å². The van der Waals surface area contributed by atoms with Gasteiger partial charge in [-0.15, -0.1) is 0 Å². The lowest BCUT2D eigenvalue weighted by Crippen LogP contribution is -2.35. The van der Waals surface area contributed by atoms with Crippen LogP contribution in [0.1, 0.15) is 50.8 Å². The number of nitrogens with zero attached hydrogens (tertiary/aromatic N) is 2. The SMILES string of the molecule is CCOc1cc([C@H](Nc2ccc3c(N)nccc3c2)C(=O)N(C)Cc2ccccc2S(=O)(=O)C2CC2)ccc1OC(C)C.O=C(O)C(F)(F)F. The van der Waals surface area contributed by atoms with E-state index in [1.807, 2.05) is 63.2 Å². The van der Waals surface area contributed by atoms with Gasteiger partial charge in [-0.25, -0.2) is 18.2 Å². The van der Waals surface area contributed by atoms with Crippen molar-refractivity contribution >= 4 is 44.0 Å². The number of alkyl halides is 3. The molecule has 268 valence electrons. The van der Waals surface area contributed by atoms with Gasteiger partial charge in [-0.2, -0.15) is 13.2 Å². The van der Waals surface area contributed by atoms with Gasteiger partial charge in [-0.3, -0.25) is 4.79 Å². The van der Waals surface area contributed by atoms with Crippen LogP contribution >= 0.6 is 0 Å². The Hall–Kier alpha value is -5.05. The Labute approximate surface area is 288 Å². The lowest BCUT2D eigenvalue weighted by molar-refractivity contribution is -0.192. The van der Waals surface area contributed by atoms with Crippen LogP contribution in [0.15, 0.2) is 77.8 Å². The second-order valence-electron chi connectivity index (χ2n) is 11.9. The molecule has 0 aliphatic heterocycles. The van der Waals surface area contributed by atoms with E-state index in [9.17, 15) is 26.4 Å². The molecule has 15 heteroatoms. The predicted octanol–water partition coefficient (Wildman–Crippen LogP) is 6.38. The maximum atomic E-state index is 14.2. The van der Waals surface area contributed by atoms with E-state index in [2.05, 4.69) is 10.3 Å². The van der Waals surface area contributed by atoms with E-state index in [4.69, 9.17) is 25.1 Å². The van der Waals surface area contributed by atoms with Crippen molar-refractivity contribution in [3.63, 3.8) is 0 Å². The van der Waals surface area contributed by atoms with Crippen LogP contribution in [0.25, 0.3) is 10.8 Å². The maximum absolute atomic E-state index is 14.2. The number of carboxylic acids is 1. The number of nitrogen functional groups attached to an aromatic ring is 1. The molecule has 4 aromatic rings. The summed E-state index contributed by atoms with van der Waals surface area (Å²) in [5.41, 5.74) is 8.03. The number of carbonyl (C=O) groups excluding carboxylic acids is 1. The molecule has 1 heterocycles. The number of rotatable bonds is 12. The largest absolute Gasteiger partial charge is 0.490 e. The van der Waals surface area contributed by atoms with Crippen molar-refractivity contribution in [3.05, 3.63) is 84.1 Å². The molecule has 1 aliphatic carbocycles. The summed E-state index contributed by atoms with van der Waals surface area (Å²) in [4.78, 5) is 29.1. The number of aliphatic carboxylic acids is 1. The van der Waals surface area contributed by atoms with Gasteiger partial charge in [0.1, 0.15) is 11.9 Å². The summed E-state index contributed by atoms with van der Waals surface area (Å²) in [5.74, 6) is -1.44. The number of halogens is 3. The minimum absolute atomic E-state index is 0.0572. The van der Waals surface area contributed by atoms with Gasteiger partial charge in [0.15, 0.2) is 21.3 Å². The maximum Gasteiger partial charge on any atom is 0.490 e. The van der Waals surface area contributed by atoms with Crippen molar-refractivity contribution in [2.45, 2.75) is 68.6 Å². The first-order valence-electron chi connectivity index (χ1n) is 15.7. The third-order valence-electron chi connectivity index (χ3n) is 7.59. The predicted molar refractivity (Wildman–Crippen MR) is 183 cm³/mol. The van der Waals surface area contributed by atoms with Gasteiger partial charge in [0, 0.05) is 30.9 Å². The number of nitrogens with one attached hydrogen (secondary N) is 1. The summed E-state index contributed by atoms with van der Waals surface area (Å²) < 4.78 is 69.9. The number of anilines is 2. The minimum Gasteiger partial charge on any atom is -0.490 e. The number of sulfone groups is 1. The Morgan fingerprint density at radius 3 is 2.36 bits per heavy atom. The normalized spacial score (nSPS) is 13.6. The first-order chi connectivity index (χ1) is 23.5. The fourth-order valence-electron chi connectivity index (χ4n) is 5.09. The van der Waals surface area contributed by atoms with Crippen molar-refractivity contribution in [1.29, 1.82) is 0 Å². The number of carbonyl (C=O) groups is 2. The fraction of sp³-hybridized carbons (Fsp3) is 0.343. The minimum atomic E-state index is -5.08. The average molecular weight is 717 g/mol. The van der Waals surface area contributed by atoms with Crippen LogP contribution in [0.4, 0.5) is 24.7 Å². The van der Waals surface area contributed by atoms with Gasteiger partial charge >= 0.3 is 12.1 Å². The zero-order valence-corrected chi connectivity index (χ0v) is 28.7. The number of fused-ring (bicyclic) bond motifs is 1. The number of nitrogens with two attached hydrogens (primary N) is 1. The van der Waals surface area contributed by atoms with Crippen LogP contribution < -0.4 is 20.5 Å². The average Bonchev–Trinajstić information content (AvgIpc) is 3.91. The molecular formula is C35H39F3N4O7S. The Morgan fingerprint density at radius 2 is 1.74 bits per heavy atom. The van der Waals surface area contributed by atoms with Gasteiger partial charge in [0.05, 0.1) is 22.9 Å². The molecule has 1 amide bonds. The van der Waals surface area contributed by atoms with Crippen molar-refractivity contribution in [2.75, 3.05) is 24.7 Å². The topological polar surface area (TPSA) is 161 Å². The molecule has 0 radical (unpaired) electrons. The smallest absolute Gasteiger partial charge is 0.490 e. The summed E-state index contributed by atoms with van der Waals surface area (Å²) in [5, 5.41) is 11.9. The number of carboxylic acid groups (broad SMARTS) is 1. The van der Waals surface area contributed by atoms with Gasteiger partial charge in [-0.05, 0) is 92.6 Å². The Balaban J connectivity index is 0.000000727. The van der Waals surface area contributed by atoms with E-state index in [1.165, 1.54) is 0 Å². The number of hydrogen-bond acceptors (Lipinski definition) is 9. The summed E-state index contributed by atoms with van der Waals surface area (Å²) in [6, 6.07) is 19.1. The Morgan fingerprint density at radius 1 is 1.06 bits per heavy atom. The number of benzene rings is 3. The van der Waals surface area contributed by atoms with Crippen LogP contribution in [-0.2, 0) is 26.0 Å². The first-order valence-corrected chi connectivity index (χ1v) is 17.3. The zero-order chi connectivity index (χ0) is 36.8. The molecule has 0 saturated heterocycles. The first kappa shape index (κ1) is 37.8. The molecule has 1 saturated carbocycles. The van der Waals surface area contributed by atoms with Crippen LogP contribution in [0.5, 0.6) is 11.5 Å².